The molecule has 1 saturated heterocycles. The maximum atomic E-state index is 11.9. The third-order valence-electron chi connectivity index (χ3n) is 2.90. The molecule has 1 amide bonds. The van der Waals surface area contributed by atoms with E-state index in [-0.39, 0.29) is 24.2 Å². The van der Waals surface area contributed by atoms with Crippen LogP contribution in [0.2, 0.25) is 0 Å². The number of ether oxygens (including phenoxy) is 1. The Kier molecular flexibility index (Phi) is 4.16. The second kappa shape index (κ2) is 5.83. The summed E-state index contributed by atoms with van der Waals surface area (Å²) >= 11 is 0. The average molecular weight is 267 g/mol. The molecule has 1 atom stereocenters. The van der Waals surface area contributed by atoms with Crippen molar-refractivity contribution in [3.63, 3.8) is 0 Å². The van der Waals surface area contributed by atoms with E-state index in [4.69, 9.17) is 9.26 Å². The summed E-state index contributed by atoms with van der Waals surface area (Å²) in [6, 6.07) is 1.32. The van der Waals surface area contributed by atoms with Gasteiger partial charge in [0.2, 0.25) is 5.91 Å². The fraction of sp³-hybridized carbons (Fsp3) is 0.583. The predicted molar refractivity (Wildman–Crippen MR) is 65.3 cm³/mol. The zero-order chi connectivity index (χ0) is 13.8. The first-order valence-corrected chi connectivity index (χ1v) is 6.26. The van der Waals surface area contributed by atoms with Crippen LogP contribution in [0.3, 0.4) is 0 Å². The lowest BCUT2D eigenvalue weighted by molar-refractivity contribution is -0.136. The van der Waals surface area contributed by atoms with Gasteiger partial charge in [0.25, 0.3) is 0 Å². The van der Waals surface area contributed by atoms with Gasteiger partial charge in [-0.05, 0) is 13.8 Å². The maximum Gasteiger partial charge on any atom is 0.360 e. The van der Waals surface area contributed by atoms with Crippen LogP contribution in [-0.4, -0.2) is 47.7 Å². The molecule has 0 saturated carbocycles. The van der Waals surface area contributed by atoms with Crippen LogP contribution in [0.1, 0.15) is 30.1 Å². The number of amides is 1. The van der Waals surface area contributed by atoms with Gasteiger partial charge in [0.05, 0.1) is 19.2 Å². The first kappa shape index (κ1) is 13.5. The highest BCUT2D eigenvalue weighted by atomic mass is 16.5. The predicted octanol–water partition coefficient (Wildman–Crippen LogP) is 0.172. The number of carbonyl (C=O) groups excluding carboxylic acids is 2. The van der Waals surface area contributed by atoms with Crippen molar-refractivity contribution in [3.8, 4) is 0 Å². The van der Waals surface area contributed by atoms with Crippen molar-refractivity contribution >= 4 is 11.9 Å². The Bertz CT molecular complexity index is 471. The fourth-order valence-corrected chi connectivity index (χ4v) is 1.92. The molecule has 0 aliphatic carbocycles. The van der Waals surface area contributed by atoms with Gasteiger partial charge in [-0.3, -0.25) is 4.79 Å². The van der Waals surface area contributed by atoms with Gasteiger partial charge in [0, 0.05) is 19.2 Å². The highest BCUT2D eigenvalue weighted by Crippen LogP contribution is 2.11. The number of nitrogens with zero attached hydrogens (tertiary/aromatic N) is 2. The monoisotopic (exact) mass is 267 g/mol. The molecule has 1 unspecified atom stereocenters. The number of piperazine rings is 1. The normalized spacial score (nSPS) is 19.6. The van der Waals surface area contributed by atoms with Gasteiger partial charge in [-0.25, -0.2) is 4.79 Å². The number of aromatic nitrogens is 1. The summed E-state index contributed by atoms with van der Waals surface area (Å²) in [7, 11) is 0. The summed E-state index contributed by atoms with van der Waals surface area (Å²) < 4.78 is 9.87. The second-order valence-electron chi connectivity index (χ2n) is 4.33. The third kappa shape index (κ3) is 3.11. The number of nitrogens with one attached hydrogen (secondary N) is 1. The fourth-order valence-electron chi connectivity index (χ4n) is 1.92. The molecule has 1 aromatic heterocycles. The molecular weight excluding hydrogens is 250 g/mol. The molecule has 1 N–H and O–H groups in total. The number of rotatable bonds is 4. The lowest BCUT2D eigenvalue weighted by Crippen LogP contribution is -2.53. The zero-order valence-corrected chi connectivity index (χ0v) is 11.0. The van der Waals surface area contributed by atoms with E-state index < -0.39 is 5.97 Å². The summed E-state index contributed by atoms with van der Waals surface area (Å²) in [6.07, 6.45) is 0. The maximum absolute atomic E-state index is 11.9. The Hall–Kier alpha value is -1.89. The Balaban J connectivity index is 1.99. The van der Waals surface area contributed by atoms with E-state index in [9.17, 15) is 9.59 Å². The summed E-state index contributed by atoms with van der Waals surface area (Å²) in [5, 5.41) is 6.72. The van der Waals surface area contributed by atoms with Gasteiger partial charge in [-0.15, -0.1) is 0 Å². The van der Waals surface area contributed by atoms with E-state index in [0.717, 1.165) is 6.54 Å². The molecule has 1 aromatic rings. The van der Waals surface area contributed by atoms with Crippen LogP contribution in [0.5, 0.6) is 0 Å². The van der Waals surface area contributed by atoms with Crippen LogP contribution in [-0.2, 0) is 16.1 Å². The Morgan fingerprint density at radius 1 is 1.68 bits per heavy atom. The topological polar surface area (TPSA) is 84.7 Å². The first-order chi connectivity index (χ1) is 9.11. The van der Waals surface area contributed by atoms with Crippen LogP contribution in [0.4, 0.5) is 0 Å². The minimum absolute atomic E-state index is 0.0142. The minimum Gasteiger partial charge on any atom is -0.461 e. The van der Waals surface area contributed by atoms with Crippen molar-refractivity contribution < 1.29 is 18.8 Å². The van der Waals surface area contributed by atoms with Gasteiger partial charge in [0.1, 0.15) is 0 Å². The van der Waals surface area contributed by atoms with Crippen molar-refractivity contribution in [1.82, 2.24) is 15.4 Å². The van der Waals surface area contributed by atoms with E-state index in [0.29, 0.717) is 18.8 Å². The van der Waals surface area contributed by atoms with E-state index in [2.05, 4.69) is 10.5 Å². The van der Waals surface area contributed by atoms with Crippen LogP contribution < -0.4 is 5.32 Å². The van der Waals surface area contributed by atoms with Crippen LogP contribution in [0, 0.1) is 0 Å². The lowest BCUT2D eigenvalue weighted by atomic mass is 10.2. The molecule has 2 heterocycles. The van der Waals surface area contributed by atoms with Crippen molar-refractivity contribution in [3.05, 3.63) is 17.5 Å². The van der Waals surface area contributed by atoms with E-state index in [1.165, 1.54) is 6.07 Å². The minimum atomic E-state index is -0.516. The molecule has 104 valence electrons. The molecular formula is C12H17N3O4. The van der Waals surface area contributed by atoms with Crippen molar-refractivity contribution in [2.24, 2.45) is 0 Å². The summed E-state index contributed by atoms with van der Waals surface area (Å²) in [5.74, 6) is -0.0247. The van der Waals surface area contributed by atoms with E-state index in [1.54, 1.807) is 11.8 Å². The average Bonchev–Trinajstić information content (AvgIpc) is 2.84. The standard InChI is InChI=1S/C12H17N3O4/c1-3-18-12(17)10-6-9(19-14-10)7-15-5-4-13-8(2)11(15)16/h6,8,13H,3-5,7H2,1-2H3. The molecule has 0 bridgehead atoms. The molecule has 7 heteroatoms. The van der Waals surface area contributed by atoms with Gasteiger partial charge < -0.3 is 19.5 Å². The van der Waals surface area contributed by atoms with Gasteiger partial charge >= 0.3 is 5.97 Å². The SMILES string of the molecule is CCOC(=O)c1cc(CN2CCNC(C)C2=O)on1. The molecule has 0 aromatic carbocycles. The van der Waals surface area contributed by atoms with E-state index >= 15 is 0 Å². The molecule has 19 heavy (non-hydrogen) atoms. The molecule has 7 nitrogen and oxygen atoms in total. The van der Waals surface area contributed by atoms with Crippen molar-refractivity contribution in [1.29, 1.82) is 0 Å². The highest BCUT2D eigenvalue weighted by molar-refractivity contribution is 5.87. The van der Waals surface area contributed by atoms with Crippen LogP contribution in [0.15, 0.2) is 10.6 Å². The number of hydrogen-bond acceptors (Lipinski definition) is 6. The molecule has 2 rings (SSSR count). The number of carbonyl (C=O) groups is 2. The smallest absolute Gasteiger partial charge is 0.360 e. The van der Waals surface area contributed by atoms with Gasteiger partial charge in [-0.2, -0.15) is 0 Å². The first-order valence-electron chi connectivity index (χ1n) is 6.26. The Labute approximate surface area is 110 Å². The zero-order valence-electron chi connectivity index (χ0n) is 11.0. The summed E-state index contributed by atoms with van der Waals surface area (Å²) in [6.45, 7) is 5.50. The van der Waals surface area contributed by atoms with E-state index in [1.807, 2.05) is 6.92 Å². The van der Waals surface area contributed by atoms with Crippen LogP contribution >= 0.6 is 0 Å². The molecule has 0 radical (unpaired) electrons. The molecule has 1 aliphatic rings. The highest BCUT2D eigenvalue weighted by Gasteiger charge is 2.26. The Morgan fingerprint density at radius 2 is 2.47 bits per heavy atom. The quantitative estimate of drug-likeness (QED) is 0.783. The van der Waals surface area contributed by atoms with Crippen molar-refractivity contribution in [2.45, 2.75) is 26.4 Å². The van der Waals surface area contributed by atoms with Gasteiger partial charge in [-0.1, -0.05) is 5.16 Å². The molecule has 1 fully saturated rings. The number of hydrogen-bond donors (Lipinski definition) is 1. The van der Waals surface area contributed by atoms with Crippen molar-refractivity contribution in [2.75, 3.05) is 19.7 Å². The summed E-state index contributed by atoms with van der Waals surface area (Å²) in [5.41, 5.74) is 0.132. The molecule has 1 aliphatic heterocycles. The lowest BCUT2D eigenvalue weighted by Gasteiger charge is -2.30. The number of esters is 1. The third-order valence-corrected chi connectivity index (χ3v) is 2.90. The largest absolute Gasteiger partial charge is 0.461 e. The Morgan fingerprint density at radius 3 is 3.21 bits per heavy atom. The van der Waals surface area contributed by atoms with Gasteiger partial charge in [0.15, 0.2) is 11.5 Å². The van der Waals surface area contributed by atoms with Crippen LogP contribution in [0.25, 0.3) is 0 Å². The molecule has 0 spiro atoms. The second-order valence-corrected chi connectivity index (χ2v) is 4.33. The summed E-state index contributed by atoms with van der Waals surface area (Å²) in [4.78, 5) is 25.0.